The summed E-state index contributed by atoms with van der Waals surface area (Å²) in [7, 11) is 0. The quantitative estimate of drug-likeness (QED) is 0.400. The van der Waals surface area contributed by atoms with Crippen LogP contribution in [0, 0.1) is 13.7 Å². The van der Waals surface area contributed by atoms with Crippen molar-refractivity contribution in [1.82, 2.24) is 4.98 Å². The van der Waals surface area contributed by atoms with Gasteiger partial charge in [-0.05, 0) is 60.0 Å². The van der Waals surface area contributed by atoms with Gasteiger partial charge in [-0.1, -0.05) is 72.8 Å². The fourth-order valence-electron chi connectivity index (χ4n) is 2.94. The van der Waals surface area contributed by atoms with E-state index in [0.29, 0.717) is 22.4 Å². The zero-order valence-corrected chi connectivity index (χ0v) is 14.6. The largest absolute Gasteiger partial charge is 0.256 e. The summed E-state index contributed by atoms with van der Waals surface area (Å²) in [5, 5.41) is 0. The van der Waals surface area contributed by atoms with E-state index in [1.54, 1.807) is 36.4 Å². The van der Waals surface area contributed by atoms with Crippen molar-refractivity contribution in [3.05, 3.63) is 113 Å². The highest BCUT2D eigenvalue weighted by molar-refractivity contribution is 5.70. The summed E-state index contributed by atoms with van der Waals surface area (Å²) in [5.74, 6) is 0. The second kappa shape index (κ2) is 7.59. The Hall–Kier alpha value is -3.19. The van der Waals surface area contributed by atoms with Gasteiger partial charge in [-0.25, -0.2) is 0 Å². The standard InChI is InChI=1S/C26H23N/c1-19-13-14-23(17-24(19)16-21-9-5-3-6-10-21)26-15-20(2)25(18-27-26)22-11-7-4-8-12-22/h3-15,17-18H,16H2,1-2H3/i1D3,2D3,16D2. The molecule has 0 bridgehead atoms. The first kappa shape index (κ1) is 10.2. The van der Waals surface area contributed by atoms with Crippen molar-refractivity contribution >= 4 is 0 Å². The molecule has 27 heavy (non-hydrogen) atoms. The van der Waals surface area contributed by atoms with Crippen LogP contribution < -0.4 is 0 Å². The molecule has 3 aromatic carbocycles. The average Bonchev–Trinajstić information content (AvgIpc) is 2.83. The van der Waals surface area contributed by atoms with E-state index >= 15 is 0 Å². The monoisotopic (exact) mass is 357 g/mol. The number of aryl methyl sites for hydroxylation is 2. The molecule has 1 aromatic heterocycles. The molecule has 1 heteroatoms. The molecule has 0 saturated heterocycles. The van der Waals surface area contributed by atoms with E-state index in [4.69, 9.17) is 11.0 Å². The van der Waals surface area contributed by atoms with E-state index < -0.39 is 20.1 Å². The van der Waals surface area contributed by atoms with Gasteiger partial charge in [-0.2, -0.15) is 0 Å². The van der Waals surface area contributed by atoms with E-state index in [1.165, 1.54) is 24.4 Å². The zero-order chi connectivity index (χ0) is 25.4. The third kappa shape index (κ3) is 3.83. The summed E-state index contributed by atoms with van der Waals surface area (Å²) >= 11 is 0. The maximum absolute atomic E-state index is 8.78. The number of rotatable bonds is 4. The van der Waals surface area contributed by atoms with Crippen molar-refractivity contribution in [3.8, 4) is 22.4 Å². The van der Waals surface area contributed by atoms with Gasteiger partial charge in [0.05, 0.1) is 5.69 Å². The molecule has 1 heterocycles. The second-order valence-corrected chi connectivity index (χ2v) is 6.23. The Morgan fingerprint density at radius 3 is 2.26 bits per heavy atom. The summed E-state index contributed by atoms with van der Waals surface area (Å²) in [6, 6.07) is 23.3. The van der Waals surface area contributed by atoms with Crippen molar-refractivity contribution in [1.29, 1.82) is 0 Å². The number of benzene rings is 3. The summed E-state index contributed by atoms with van der Waals surface area (Å²) in [6.45, 7) is -4.95. The third-order valence-electron chi connectivity index (χ3n) is 4.36. The van der Waals surface area contributed by atoms with Crippen LogP contribution in [-0.2, 0) is 6.37 Å². The molecule has 4 aromatic rings. The zero-order valence-electron chi connectivity index (χ0n) is 22.6. The molecule has 0 aliphatic carbocycles. The minimum Gasteiger partial charge on any atom is -0.256 e. The van der Waals surface area contributed by atoms with Crippen LogP contribution in [0.4, 0.5) is 0 Å². The first-order chi connectivity index (χ1) is 16.4. The maximum atomic E-state index is 8.78. The van der Waals surface area contributed by atoms with Gasteiger partial charge in [0.2, 0.25) is 0 Å². The summed E-state index contributed by atoms with van der Waals surface area (Å²) in [6.07, 6.45) is -0.604. The van der Waals surface area contributed by atoms with Gasteiger partial charge in [0.1, 0.15) is 0 Å². The fourth-order valence-corrected chi connectivity index (χ4v) is 2.94. The van der Waals surface area contributed by atoms with E-state index in [0.717, 1.165) is 5.56 Å². The number of aromatic nitrogens is 1. The normalized spacial score (nSPS) is 16.6. The Balaban J connectivity index is 1.91. The van der Waals surface area contributed by atoms with E-state index in [2.05, 4.69) is 4.98 Å². The smallest absolute Gasteiger partial charge is 0.0705 e. The Morgan fingerprint density at radius 1 is 0.778 bits per heavy atom. The van der Waals surface area contributed by atoms with Gasteiger partial charge in [0, 0.05) is 28.3 Å². The molecule has 0 aliphatic rings. The van der Waals surface area contributed by atoms with Crippen molar-refractivity contribution < 1.29 is 11.0 Å². The minimum absolute atomic E-state index is 0.00873. The molecule has 0 spiro atoms. The lowest BCUT2D eigenvalue weighted by Gasteiger charge is -2.11. The molecule has 0 unspecified atom stereocenters. The molecule has 0 aliphatic heterocycles. The molecular weight excluding hydrogens is 326 g/mol. The van der Waals surface area contributed by atoms with E-state index in [-0.39, 0.29) is 16.7 Å². The van der Waals surface area contributed by atoms with Crippen LogP contribution in [0.2, 0.25) is 0 Å². The van der Waals surface area contributed by atoms with Crippen LogP contribution in [0.25, 0.3) is 22.4 Å². The van der Waals surface area contributed by atoms with Crippen LogP contribution in [0.1, 0.15) is 33.2 Å². The Bertz CT molecular complexity index is 1330. The predicted molar refractivity (Wildman–Crippen MR) is 114 cm³/mol. The number of nitrogens with zero attached hydrogens (tertiary/aromatic N) is 1. The lowest BCUT2D eigenvalue weighted by atomic mass is 9.96. The minimum atomic E-state index is -2.54. The highest BCUT2D eigenvalue weighted by atomic mass is 14.7. The molecule has 0 radical (unpaired) electrons. The van der Waals surface area contributed by atoms with Crippen LogP contribution in [0.15, 0.2) is 91.1 Å². The molecular formula is C26H23N. The lowest BCUT2D eigenvalue weighted by molar-refractivity contribution is 1.15. The number of pyridine rings is 1. The SMILES string of the molecule is [2H]C([2H])([2H])c1cc(-c2ccc(C([2H])([2H])[2H])c(C([2H])([2H])c3ccccc3)c2)ncc1-c1ccccc1. The van der Waals surface area contributed by atoms with Crippen LogP contribution >= 0.6 is 0 Å². The number of hydrogen-bond acceptors (Lipinski definition) is 1. The molecule has 0 atom stereocenters. The molecule has 4 rings (SSSR count). The summed E-state index contributed by atoms with van der Waals surface area (Å²) in [5.41, 5.74) is 2.26. The first-order valence-corrected chi connectivity index (χ1v) is 8.66. The molecule has 132 valence electrons. The molecule has 0 fully saturated rings. The summed E-state index contributed by atoms with van der Waals surface area (Å²) in [4.78, 5) is 4.47. The summed E-state index contributed by atoms with van der Waals surface area (Å²) < 4.78 is 65.6. The van der Waals surface area contributed by atoms with Crippen LogP contribution in [-0.4, -0.2) is 4.98 Å². The highest BCUT2D eigenvalue weighted by Gasteiger charge is 2.08. The molecule has 1 nitrogen and oxygen atoms in total. The van der Waals surface area contributed by atoms with Crippen molar-refractivity contribution in [2.45, 2.75) is 20.1 Å². The molecule has 0 saturated carbocycles. The van der Waals surface area contributed by atoms with Gasteiger partial charge in [-0.3, -0.25) is 4.98 Å². The Morgan fingerprint density at radius 2 is 1.52 bits per heavy atom. The number of hydrogen-bond donors (Lipinski definition) is 0. The van der Waals surface area contributed by atoms with E-state index in [1.807, 2.05) is 30.3 Å². The maximum Gasteiger partial charge on any atom is 0.0705 e. The van der Waals surface area contributed by atoms with E-state index in [9.17, 15) is 0 Å². The van der Waals surface area contributed by atoms with Gasteiger partial charge in [0.25, 0.3) is 0 Å². The van der Waals surface area contributed by atoms with Gasteiger partial charge in [-0.15, -0.1) is 0 Å². The van der Waals surface area contributed by atoms with Crippen molar-refractivity contribution in [2.24, 2.45) is 0 Å². The topological polar surface area (TPSA) is 12.9 Å². The molecule has 0 N–H and O–H groups in total. The van der Waals surface area contributed by atoms with Crippen molar-refractivity contribution in [3.63, 3.8) is 0 Å². The second-order valence-electron chi connectivity index (χ2n) is 6.23. The van der Waals surface area contributed by atoms with Crippen molar-refractivity contribution in [2.75, 3.05) is 0 Å². The predicted octanol–water partition coefficient (Wildman–Crippen LogP) is 6.62. The highest BCUT2D eigenvalue weighted by Crippen LogP contribution is 2.28. The Labute approximate surface area is 172 Å². The Kier molecular flexibility index (Phi) is 2.87. The third-order valence-corrected chi connectivity index (χ3v) is 4.36. The van der Waals surface area contributed by atoms with Gasteiger partial charge < -0.3 is 0 Å². The fraction of sp³-hybridized carbons (Fsp3) is 0.115. The van der Waals surface area contributed by atoms with Gasteiger partial charge in [0.15, 0.2) is 0 Å². The molecule has 0 amide bonds. The van der Waals surface area contributed by atoms with Crippen LogP contribution in [0.3, 0.4) is 0 Å². The average molecular weight is 358 g/mol. The van der Waals surface area contributed by atoms with Gasteiger partial charge >= 0.3 is 0 Å². The lowest BCUT2D eigenvalue weighted by Crippen LogP contribution is -1.94. The first-order valence-electron chi connectivity index (χ1n) is 12.7. The van der Waals surface area contributed by atoms with Crippen LogP contribution in [0.5, 0.6) is 0 Å².